The Balaban J connectivity index is 1.56. The number of methoxy groups -OCH3 is 1. The molecule has 32 heavy (non-hydrogen) atoms. The van der Waals surface area contributed by atoms with Gasteiger partial charge in [0, 0.05) is 26.2 Å². The van der Waals surface area contributed by atoms with Crippen molar-refractivity contribution in [3.05, 3.63) is 76.4 Å². The minimum absolute atomic E-state index is 0.371. The number of aliphatic imine (C=N–C) groups is 1. The molecule has 2 heterocycles. The van der Waals surface area contributed by atoms with Gasteiger partial charge in [-0.3, -0.25) is 0 Å². The third-order valence-corrected chi connectivity index (χ3v) is 5.70. The zero-order valence-electron chi connectivity index (χ0n) is 18.4. The maximum absolute atomic E-state index is 14.2. The molecule has 0 spiro atoms. The molecule has 0 bridgehead atoms. The highest BCUT2D eigenvalue weighted by Crippen LogP contribution is 2.23. The van der Waals surface area contributed by atoms with Crippen molar-refractivity contribution in [2.75, 3.05) is 13.7 Å². The summed E-state index contributed by atoms with van der Waals surface area (Å²) in [4.78, 5) is 6.80. The summed E-state index contributed by atoms with van der Waals surface area (Å²) < 4.78 is 35.1. The lowest BCUT2D eigenvalue weighted by atomic mass is 9.99. The van der Waals surface area contributed by atoms with Crippen LogP contribution in [0.15, 0.2) is 41.4 Å². The van der Waals surface area contributed by atoms with Crippen LogP contribution < -0.4 is 10.1 Å². The Labute approximate surface area is 185 Å². The molecule has 7 nitrogen and oxygen atoms in total. The molecule has 0 atom stereocenters. The van der Waals surface area contributed by atoms with Crippen molar-refractivity contribution in [2.45, 2.75) is 33.0 Å². The van der Waals surface area contributed by atoms with E-state index in [0.29, 0.717) is 49.7 Å². The summed E-state index contributed by atoms with van der Waals surface area (Å²) in [6.45, 7) is 3.71. The summed E-state index contributed by atoms with van der Waals surface area (Å²) in [7, 11) is 3.53. The number of hydrogen-bond donors (Lipinski definition) is 1. The number of aromatic nitrogens is 3. The Hall–Kier alpha value is -3.49. The van der Waals surface area contributed by atoms with Crippen LogP contribution in [-0.4, -0.2) is 39.3 Å². The average Bonchev–Trinajstić information content (AvgIpc) is 3.11. The molecule has 0 amide bonds. The lowest BCUT2D eigenvalue weighted by molar-refractivity contribution is 0.368. The van der Waals surface area contributed by atoms with Crippen LogP contribution in [-0.2, 0) is 33.1 Å². The van der Waals surface area contributed by atoms with Gasteiger partial charge in [-0.15, -0.1) is 10.2 Å². The van der Waals surface area contributed by atoms with E-state index in [1.165, 1.54) is 6.07 Å². The molecule has 4 rings (SSSR count). The number of fused-ring (bicyclic) bond motifs is 1. The fourth-order valence-electron chi connectivity index (χ4n) is 3.72. The molecule has 9 heteroatoms. The van der Waals surface area contributed by atoms with Crippen LogP contribution in [0.25, 0.3) is 0 Å². The number of nitrogens with zero attached hydrogens (tertiary/aromatic N) is 5. The minimum Gasteiger partial charge on any atom is -0.497 e. The smallest absolute Gasteiger partial charge is 0.194 e. The van der Waals surface area contributed by atoms with Gasteiger partial charge < -0.3 is 19.5 Å². The van der Waals surface area contributed by atoms with E-state index in [0.717, 1.165) is 29.0 Å². The number of guanidine groups is 1. The summed E-state index contributed by atoms with van der Waals surface area (Å²) in [5.74, 6) is 1.97. The monoisotopic (exact) mass is 440 g/mol. The van der Waals surface area contributed by atoms with Gasteiger partial charge in [0.05, 0.1) is 20.2 Å². The molecular weight excluding hydrogens is 414 g/mol. The normalized spacial score (nSPS) is 13.8. The molecule has 1 N–H and O–H groups in total. The number of hydrogen-bond acceptors (Lipinski definition) is 4. The van der Waals surface area contributed by atoms with Gasteiger partial charge in [-0.2, -0.15) is 0 Å². The Kier molecular flexibility index (Phi) is 6.34. The van der Waals surface area contributed by atoms with Crippen molar-refractivity contribution >= 4 is 5.96 Å². The molecular formula is C23H26F2N6O. The first-order valence-corrected chi connectivity index (χ1v) is 10.4. The van der Waals surface area contributed by atoms with Crippen LogP contribution in [0.2, 0.25) is 0 Å². The first-order valence-electron chi connectivity index (χ1n) is 10.4. The van der Waals surface area contributed by atoms with Crippen molar-refractivity contribution in [1.82, 2.24) is 25.0 Å². The van der Waals surface area contributed by atoms with Gasteiger partial charge in [0.25, 0.3) is 0 Å². The quantitative estimate of drug-likeness (QED) is 0.488. The Morgan fingerprint density at radius 3 is 2.66 bits per heavy atom. The van der Waals surface area contributed by atoms with E-state index in [4.69, 9.17) is 9.73 Å². The lowest BCUT2D eigenvalue weighted by Crippen LogP contribution is -2.44. The third kappa shape index (κ3) is 4.71. The molecule has 0 fully saturated rings. The van der Waals surface area contributed by atoms with Gasteiger partial charge in [0.15, 0.2) is 11.8 Å². The molecule has 0 unspecified atom stereocenters. The zero-order valence-corrected chi connectivity index (χ0v) is 18.4. The summed E-state index contributed by atoms with van der Waals surface area (Å²) >= 11 is 0. The topological polar surface area (TPSA) is 67.6 Å². The van der Waals surface area contributed by atoms with Crippen LogP contribution in [0.5, 0.6) is 5.75 Å². The SMILES string of the molecule is COc1ccc(CN=C(NCc2nnc(C)n2C)N2CCc3c(F)cc(F)cc3C2)cc1. The molecule has 1 aliphatic heterocycles. The predicted molar refractivity (Wildman–Crippen MR) is 117 cm³/mol. The van der Waals surface area contributed by atoms with Gasteiger partial charge in [-0.05, 0) is 48.2 Å². The Morgan fingerprint density at radius 2 is 1.97 bits per heavy atom. The van der Waals surface area contributed by atoms with Crippen LogP contribution in [0.1, 0.15) is 28.3 Å². The summed E-state index contributed by atoms with van der Waals surface area (Å²) in [6.07, 6.45) is 0.480. The predicted octanol–water partition coefficient (Wildman–Crippen LogP) is 3.11. The van der Waals surface area contributed by atoms with E-state index >= 15 is 0 Å². The number of nitrogens with one attached hydrogen (secondary N) is 1. The van der Waals surface area contributed by atoms with E-state index in [-0.39, 0.29) is 0 Å². The van der Waals surface area contributed by atoms with E-state index in [9.17, 15) is 8.78 Å². The molecule has 1 aromatic heterocycles. The number of ether oxygens (including phenoxy) is 1. The Bertz CT molecular complexity index is 1130. The summed E-state index contributed by atoms with van der Waals surface area (Å²) in [6, 6.07) is 10.1. The van der Waals surface area contributed by atoms with E-state index in [2.05, 4.69) is 15.5 Å². The molecule has 0 saturated carbocycles. The molecule has 2 aromatic carbocycles. The fraction of sp³-hybridized carbons (Fsp3) is 0.348. The fourth-order valence-corrected chi connectivity index (χ4v) is 3.72. The second-order valence-corrected chi connectivity index (χ2v) is 7.76. The number of benzene rings is 2. The maximum atomic E-state index is 14.2. The Morgan fingerprint density at radius 1 is 1.19 bits per heavy atom. The van der Waals surface area contributed by atoms with Crippen LogP contribution in [0.4, 0.5) is 8.78 Å². The molecule has 1 aliphatic rings. The average molecular weight is 440 g/mol. The van der Waals surface area contributed by atoms with E-state index in [1.807, 2.05) is 47.7 Å². The maximum Gasteiger partial charge on any atom is 0.194 e. The second-order valence-electron chi connectivity index (χ2n) is 7.76. The summed E-state index contributed by atoms with van der Waals surface area (Å²) in [5, 5.41) is 11.6. The minimum atomic E-state index is -0.567. The zero-order chi connectivity index (χ0) is 22.7. The third-order valence-electron chi connectivity index (χ3n) is 5.70. The highest BCUT2D eigenvalue weighted by atomic mass is 19.1. The van der Waals surface area contributed by atoms with Crippen molar-refractivity contribution in [1.29, 1.82) is 0 Å². The van der Waals surface area contributed by atoms with Crippen LogP contribution in [0.3, 0.4) is 0 Å². The van der Waals surface area contributed by atoms with Crippen molar-refractivity contribution in [3.63, 3.8) is 0 Å². The largest absolute Gasteiger partial charge is 0.497 e. The van der Waals surface area contributed by atoms with Crippen molar-refractivity contribution in [2.24, 2.45) is 12.0 Å². The van der Waals surface area contributed by atoms with Crippen molar-refractivity contribution in [3.8, 4) is 5.75 Å². The first-order chi connectivity index (χ1) is 15.4. The van der Waals surface area contributed by atoms with Crippen LogP contribution in [0, 0.1) is 18.6 Å². The van der Waals surface area contributed by atoms with Gasteiger partial charge >= 0.3 is 0 Å². The van der Waals surface area contributed by atoms with Crippen LogP contribution >= 0.6 is 0 Å². The lowest BCUT2D eigenvalue weighted by Gasteiger charge is -2.32. The van der Waals surface area contributed by atoms with Gasteiger partial charge in [-0.1, -0.05) is 12.1 Å². The summed E-state index contributed by atoms with van der Waals surface area (Å²) in [5.41, 5.74) is 2.23. The number of rotatable bonds is 5. The highest BCUT2D eigenvalue weighted by molar-refractivity contribution is 5.80. The molecule has 0 saturated heterocycles. The van der Waals surface area contributed by atoms with Gasteiger partial charge in [0.2, 0.25) is 0 Å². The molecule has 0 radical (unpaired) electrons. The van der Waals surface area contributed by atoms with E-state index in [1.54, 1.807) is 7.11 Å². The number of halogens is 2. The van der Waals surface area contributed by atoms with E-state index < -0.39 is 11.6 Å². The standard InChI is InChI=1S/C23H26F2N6O/c1-15-28-29-22(30(15)2)13-27-23(26-12-16-4-6-19(32-3)7-5-16)31-9-8-20-17(14-31)10-18(24)11-21(20)25/h4-7,10-11H,8-9,12-14H2,1-3H3,(H,26,27). The highest BCUT2D eigenvalue weighted by Gasteiger charge is 2.23. The molecule has 168 valence electrons. The molecule has 0 aliphatic carbocycles. The second kappa shape index (κ2) is 9.33. The van der Waals surface area contributed by atoms with Crippen molar-refractivity contribution < 1.29 is 13.5 Å². The molecule has 3 aromatic rings. The van der Waals surface area contributed by atoms with Gasteiger partial charge in [0.1, 0.15) is 23.2 Å². The first kappa shape index (κ1) is 21.7. The van der Waals surface area contributed by atoms with Gasteiger partial charge in [-0.25, -0.2) is 13.8 Å². The number of aryl methyl sites for hydroxylation is 1.